The van der Waals surface area contributed by atoms with E-state index in [4.69, 9.17) is 0 Å². The molecule has 0 bridgehead atoms. The summed E-state index contributed by atoms with van der Waals surface area (Å²) >= 11 is 0. The van der Waals surface area contributed by atoms with Crippen molar-refractivity contribution in [2.45, 2.75) is 0 Å². The molecule has 0 aliphatic rings. The standard InChI is InChI=1S/C5H5N.C2H4N4.Cu/c1-2-4-6-5-3-1;1-6-2-3-4-5-6;/h1-5H;2H,1H3;. The number of pyridine rings is 1. The van der Waals surface area contributed by atoms with Gasteiger partial charge in [-0.25, -0.2) is 4.68 Å². The molecule has 13 heavy (non-hydrogen) atoms. The van der Waals surface area contributed by atoms with Crippen LogP contribution in [0.2, 0.25) is 0 Å². The minimum absolute atomic E-state index is 0. The molecule has 0 saturated heterocycles. The topological polar surface area (TPSA) is 56.5 Å². The summed E-state index contributed by atoms with van der Waals surface area (Å²) in [5, 5.41) is 10.2. The summed E-state index contributed by atoms with van der Waals surface area (Å²) in [7, 11) is 1.76. The van der Waals surface area contributed by atoms with Crippen LogP contribution in [0.3, 0.4) is 0 Å². The second-order valence-electron chi connectivity index (χ2n) is 2.01. The van der Waals surface area contributed by atoms with Crippen LogP contribution in [0.25, 0.3) is 0 Å². The van der Waals surface area contributed by atoms with Gasteiger partial charge in [-0.15, -0.1) is 5.10 Å². The second-order valence-corrected chi connectivity index (χ2v) is 2.01. The largest absolute Gasteiger partial charge is 0.265 e. The van der Waals surface area contributed by atoms with E-state index in [0.717, 1.165) is 0 Å². The molecule has 0 atom stereocenters. The molecule has 73 valence electrons. The molecule has 2 heterocycles. The zero-order chi connectivity index (χ0) is 8.65. The third-order valence-electron chi connectivity index (χ3n) is 1.02. The van der Waals surface area contributed by atoms with Crippen molar-refractivity contribution < 1.29 is 17.1 Å². The van der Waals surface area contributed by atoms with Gasteiger partial charge >= 0.3 is 0 Å². The fourth-order valence-electron chi connectivity index (χ4n) is 0.520. The Hall–Kier alpha value is -1.26. The molecule has 1 radical (unpaired) electrons. The Morgan fingerprint density at radius 2 is 1.77 bits per heavy atom. The van der Waals surface area contributed by atoms with Crippen molar-refractivity contribution in [2.75, 3.05) is 0 Å². The van der Waals surface area contributed by atoms with Crippen LogP contribution >= 0.6 is 0 Å². The Balaban J connectivity index is 0.000000206. The fourth-order valence-corrected chi connectivity index (χ4v) is 0.520. The van der Waals surface area contributed by atoms with E-state index in [0.29, 0.717) is 0 Å². The predicted molar refractivity (Wildman–Crippen MR) is 43.0 cm³/mol. The molecule has 0 N–H and O–H groups in total. The van der Waals surface area contributed by atoms with Crippen molar-refractivity contribution in [1.29, 1.82) is 0 Å². The van der Waals surface area contributed by atoms with Crippen LogP contribution in [0.4, 0.5) is 0 Å². The molecule has 5 nitrogen and oxygen atoms in total. The van der Waals surface area contributed by atoms with Crippen LogP contribution in [-0.2, 0) is 24.1 Å². The minimum Gasteiger partial charge on any atom is -0.265 e. The van der Waals surface area contributed by atoms with E-state index in [9.17, 15) is 0 Å². The van der Waals surface area contributed by atoms with E-state index in [2.05, 4.69) is 20.5 Å². The predicted octanol–water partition coefficient (Wildman–Crippen LogP) is 0.289. The zero-order valence-electron chi connectivity index (χ0n) is 7.00. The van der Waals surface area contributed by atoms with Crippen molar-refractivity contribution in [3.05, 3.63) is 36.9 Å². The third-order valence-corrected chi connectivity index (χ3v) is 1.02. The van der Waals surface area contributed by atoms with E-state index in [-0.39, 0.29) is 17.1 Å². The fraction of sp³-hybridized carbons (Fsp3) is 0.143. The zero-order valence-corrected chi connectivity index (χ0v) is 7.94. The first-order chi connectivity index (χ1) is 5.89. The molecule has 2 aromatic heterocycles. The molecule has 0 aliphatic carbocycles. The van der Waals surface area contributed by atoms with Crippen molar-refractivity contribution in [1.82, 2.24) is 25.2 Å². The van der Waals surface area contributed by atoms with E-state index in [1.54, 1.807) is 19.4 Å². The first-order valence-electron chi connectivity index (χ1n) is 3.41. The van der Waals surface area contributed by atoms with Crippen molar-refractivity contribution in [2.24, 2.45) is 7.05 Å². The molecule has 0 aliphatic heterocycles. The quantitative estimate of drug-likeness (QED) is 0.606. The van der Waals surface area contributed by atoms with Crippen molar-refractivity contribution in [3.8, 4) is 0 Å². The molecule has 0 fully saturated rings. The molecule has 6 heteroatoms. The minimum atomic E-state index is 0. The van der Waals surface area contributed by atoms with Gasteiger partial charge in [0.05, 0.1) is 0 Å². The van der Waals surface area contributed by atoms with Crippen LogP contribution in [0, 0.1) is 0 Å². The Kier molecular flexibility index (Phi) is 6.68. The second kappa shape index (κ2) is 7.39. The molecule has 2 rings (SSSR count). The van der Waals surface area contributed by atoms with Crippen LogP contribution in [-0.4, -0.2) is 25.2 Å². The maximum atomic E-state index is 3.78. The summed E-state index contributed by atoms with van der Waals surface area (Å²) in [4.78, 5) is 3.78. The first-order valence-corrected chi connectivity index (χ1v) is 3.41. The summed E-state index contributed by atoms with van der Waals surface area (Å²) in [6.45, 7) is 0. The normalized spacial score (nSPS) is 7.77. The molecule has 2 aromatic rings. The number of aryl methyl sites for hydroxylation is 1. The van der Waals surface area contributed by atoms with Crippen LogP contribution in [0.1, 0.15) is 0 Å². The molecule has 0 spiro atoms. The van der Waals surface area contributed by atoms with Gasteiger partial charge in [0, 0.05) is 36.5 Å². The molecule has 0 aromatic carbocycles. The van der Waals surface area contributed by atoms with Gasteiger partial charge in [0.25, 0.3) is 0 Å². The number of aromatic nitrogens is 5. The monoisotopic (exact) mass is 226 g/mol. The van der Waals surface area contributed by atoms with Gasteiger partial charge in [0.1, 0.15) is 6.33 Å². The van der Waals surface area contributed by atoms with E-state index in [1.807, 2.05) is 18.2 Å². The van der Waals surface area contributed by atoms with Gasteiger partial charge in [-0.1, -0.05) is 6.07 Å². The summed E-state index contributed by atoms with van der Waals surface area (Å²) in [5.41, 5.74) is 0. The summed E-state index contributed by atoms with van der Waals surface area (Å²) in [5.74, 6) is 0. The summed E-state index contributed by atoms with van der Waals surface area (Å²) in [6, 6.07) is 5.72. The Bertz CT molecular complexity index is 256. The number of tetrazole rings is 1. The molecular weight excluding hydrogens is 218 g/mol. The number of rotatable bonds is 0. The number of hydrogen-bond donors (Lipinski definition) is 0. The van der Waals surface area contributed by atoms with Gasteiger partial charge in [0.15, 0.2) is 0 Å². The maximum Gasteiger partial charge on any atom is 0.137 e. The van der Waals surface area contributed by atoms with Crippen molar-refractivity contribution >= 4 is 0 Å². The summed E-state index contributed by atoms with van der Waals surface area (Å²) < 4.78 is 1.53. The average Bonchev–Trinajstić information content (AvgIpc) is 2.60. The Morgan fingerprint density at radius 3 is 1.92 bits per heavy atom. The molecule has 0 saturated carbocycles. The maximum absolute atomic E-state index is 3.78. The van der Waals surface area contributed by atoms with E-state index in [1.165, 1.54) is 11.0 Å². The van der Waals surface area contributed by atoms with Crippen molar-refractivity contribution in [3.63, 3.8) is 0 Å². The van der Waals surface area contributed by atoms with E-state index < -0.39 is 0 Å². The van der Waals surface area contributed by atoms with E-state index >= 15 is 0 Å². The molecule has 0 amide bonds. The SMILES string of the molecule is Cn1cnnn1.[Cu].c1ccncc1. The molecule has 0 unspecified atom stereocenters. The van der Waals surface area contributed by atoms with Gasteiger partial charge in [-0.2, -0.15) is 0 Å². The Morgan fingerprint density at radius 1 is 1.08 bits per heavy atom. The Labute approximate surface area is 86.7 Å². The number of nitrogens with zero attached hydrogens (tertiary/aromatic N) is 5. The van der Waals surface area contributed by atoms with Crippen LogP contribution < -0.4 is 0 Å². The smallest absolute Gasteiger partial charge is 0.137 e. The van der Waals surface area contributed by atoms with Gasteiger partial charge < -0.3 is 0 Å². The first kappa shape index (κ1) is 11.7. The van der Waals surface area contributed by atoms with Gasteiger partial charge in [-0.05, 0) is 22.6 Å². The van der Waals surface area contributed by atoms with Gasteiger partial charge in [-0.3, -0.25) is 4.98 Å². The number of hydrogen-bond acceptors (Lipinski definition) is 4. The summed E-state index contributed by atoms with van der Waals surface area (Å²) in [6.07, 6.45) is 5.03. The van der Waals surface area contributed by atoms with Crippen LogP contribution in [0.15, 0.2) is 36.9 Å². The van der Waals surface area contributed by atoms with Crippen LogP contribution in [0.5, 0.6) is 0 Å². The average molecular weight is 227 g/mol. The van der Waals surface area contributed by atoms with Gasteiger partial charge in [0.2, 0.25) is 0 Å². The third kappa shape index (κ3) is 5.95. The molecular formula is C7H9CuN5.